The lowest BCUT2D eigenvalue weighted by molar-refractivity contribution is 0.702. The van der Waals surface area contributed by atoms with Gasteiger partial charge in [-0.2, -0.15) is 0 Å². The van der Waals surface area contributed by atoms with Gasteiger partial charge in [-0.15, -0.1) is 0 Å². The molecule has 0 saturated carbocycles. The summed E-state index contributed by atoms with van der Waals surface area (Å²) in [7, 11) is 0. The van der Waals surface area contributed by atoms with Gasteiger partial charge < -0.3 is 0 Å². The lowest BCUT2D eigenvalue weighted by Crippen LogP contribution is -1.96. The van der Waals surface area contributed by atoms with E-state index in [1.165, 1.54) is 25.7 Å². The number of hydrogen-bond acceptors (Lipinski definition) is 0. The smallest absolute Gasteiger partial charge is 0.0654 e. The van der Waals surface area contributed by atoms with Crippen molar-refractivity contribution >= 4 is 67.8 Å². The molecule has 0 N–H and O–H groups in total. The zero-order chi connectivity index (χ0) is 7.33. The first kappa shape index (κ1) is 11.2. The monoisotopic (exact) mass is 464 g/mol. The fourth-order valence-electron chi connectivity index (χ4n) is 0.575. The van der Waals surface area contributed by atoms with Gasteiger partial charge in [-0.25, -0.2) is 0 Å². The van der Waals surface area contributed by atoms with Crippen molar-refractivity contribution in [2.45, 2.75) is 32.0 Å². The molecule has 56 valence electrons. The quantitative estimate of drug-likeness (QED) is 0.326. The molecule has 0 aliphatic rings. The summed E-state index contributed by atoms with van der Waals surface area (Å²) in [5.74, 6) is 0. The van der Waals surface area contributed by atoms with Gasteiger partial charge in [0.05, 0.1) is 0 Å². The molecular weight excluding hydrogens is 453 g/mol. The van der Waals surface area contributed by atoms with Crippen molar-refractivity contribution in [1.82, 2.24) is 0 Å². The molecule has 0 aliphatic carbocycles. The average Bonchev–Trinajstić information content (AvgIpc) is 1.63. The van der Waals surface area contributed by atoms with E-state index < -0.39 is 0 Å². The first-order valence-corrected chi connectivity index (χ1v) is 6.36. The minimum absolute atomic E-state index is 0.461. The molecule has 0 heterocycles. The third-order valence-corrected chi connectivity index (χ3v) is 2.68. The molecule has 0 spiro atoms. The van der Waals surface area contributed by atoms with Crippen molar-refractivity contribution in [1.29, 1.82) is 0 Å². The van der Waals surface area contributed by atoms with E-state index in [1.54, 1.807) is 0 Å². The maximum absolute atomic E-state index is 2.49. The van der Waals surface area contributed by atoms with E-state index in [-0.39, 0.29) is 0 Å². The molecule has 0 radical (unpaired) electrons. The van der Waals surface area contributed by atoms with Crippen LogP contribution in [0.3, 0.4) is 0 Å². The van der Waals surface area contributed by atoms with Crippen molar-refractivity contribution in [3.05, 3.63) is 0 Å². The highest BCUT2D eigenvalue weighted by atomic mass is 127. The van der Waals surface area contributed by atoms with Crippen molar-refractivity contribution in [3.63, 3.8) is 0 Å². The molecule has 0 rings (SSSR count). The summed E-state index contributed by atoms with van der Waals surface area (Å²) in [4.78, 5) is 0. The molecule has 0 fully saturated rings. The Morgan fingerprint density at radius 1 is 1.11 bits per heavy atom. The molecule has 0 aromatic rings. The fourth-order valence-corrected chi connectivity index (χ4v) is 1.72. The summed E-state index contributed by atoms with van der Waals surface area (Å²) < 4.78 is 0.461. The summed E-state index contributed by atoms with van der Waals surface area (Å²) in [5.41, 5.74) is 0. The van der Waals surface area contributed by atoms with Crippen LogP contribution in [0, 0.1) is 0 Å². The molecule has 0 saturated heterocycles. The molecule has 9 heavy (non-hydrogen) atoms. The predicted molar refractivity (Wildman–Crippen MR) is 68.9 cm³/mol. The van der Waals surface area contributed by atoms with Gasteiger partial charge in [0.15, 0.2) is 0 Å². The van der Waals surface area contributed by atoms with Crippen LogP contribution in [-0.4, -0.2) is -0.565 Å². The summed E-state index contributed by atoms with van der Waals surface area (Å²) in [6.07, 6.45) is 5.44. The van der Waals surface area contributed by atoms with Crippen LogP contribution in [-0.2, 0) is 0 Å². The second-order valence-electron chi connectivity index (χ2n) is 2.07. The number of halogens is 3. The third kappa shape index (κ3) is 10.2. The highest BCUT2D eigenvalue weighted by molar-refractivity contribution is 14.3. The SMILES string of the molecule is CCCCCC(I)(I)I. The van der Waals surface area contributed by atoms with Crippen LogP contribution in [0.5, 0.6) is 0 Å². The number of hydrogen-bond donors (Lipinski definition) is 0. The Kier molecular flexibility index (Phi) is 7.20. The van der Waals surface area contributed by atoms with Gasteiger partial charge >= 0.3 is 0 Å². The topological polar surface area (TPSA) is 0 Å². The van der Waals surface area contributed by atoms with Crippen LogP contribution in [0.25, 0.3) is 0 Å². The number of unbranched alkanes of at least 4 members (excludes halogenated alkanes) is 2. The zero-order valence-corrected chi connectivity index (χ0v) is 11.9. The van der Waals surface area contributed by atoms with E-state index in [1.807, 2.05) is 0 Å². The first-order valence-electron chi connectivity index (χ1n) is 3.13. The molecule has 0 unspecified atom stereocenters. The minimum atomic E-state index is 0.461. The van der Waals surface area contributed by atoms with E-state index in [4.69, 9.17) is 0 Å². The van der Waals surface area contributed by atoms with Crippen molar-refractivity contribution < 1.29 is 0 Å². The van der Waals surface area contributed by atoms with Gasteiger partial charge in [-0.05, 0) is 6.42 Å². The van der Waals surface area contributed by atoms with Crippen LogP contribution < -0.4 is 0 Å². The van der Waals surface area contributed by atoms with E-state index in [0.717, 1.165) is 0 Å². The standard InChI is InChI=1S/C6H11I3/c1-2-3-4-5-6(7,8)9/h2-5H2,1H3. The largest absolute Gasteiger partial charge is 0.124 e. The van der Waals surface area contributed by atoms with Gasteiger partial charge in [-0.1, -0.05) is 94.0 Å². The van der Waals surface area contributed by atoms with Crippen molar-refractivity contribution in [2.24, 2.45) is 0 Å². The Bertz CT molecular complexity index is 65.2. The van der Waals surface area contributed by atoms with Crippen LogP contribution in [0.15, 0.2) is 0 Å². The summed E-state index contributed by atoms with van der Waals surface area (Å²) >= 11 is 7.47. The van der Waals surface area contributed by atoms with Gasteiger partial charge in [0.25, 0.3) is 0 Å². The molecule has 0 aliphatic heterocycles. The van der Waals surface area contributed by atoms with Crippen LogP contribution in [0.1, 0.15) is 32.6 Å². The lowest BCUT2D eigenvalue weighted by atomic mass is 10.2. The van der Waals surface area contributed by atoms with Gasteiger partial charge in [0.2, 0.25) is 0 Å². The fraction of sp³-hybridized carbons (Fsp3) is 1.00. The summed E-state index contributed by atoms with van der Waals surface area (Å²) in [6.45, 7) is 2.25. The third-order valence-electron chi connectivity index (χ3n) is 1.06. The molecule has 0 nitrogen and oxygen atoms in total. The highest BCUT2D eigenvalue weighted by Crippen LogP contribution is 2.40. The molecule has 0 bridgehead atoms. The molecule has 0 atom stereocenters. The van der Waals surface area contributed by atoms with Crippen LogP contribution in [0.4, 0.5) is 0 Å². The van der Waals surface area contributed by atoms with Gasteiger partial charge in [0, 0.05) is 0 Å². The Balaban J connectivity index is 3.07. The first-order chi connectivity index (χ1) is 4.06. The second-order valence-corrected chi connectivity index (χ2v) is 13.8. The number of alkyl halides is 3. The van der Waals surface area contributed by atoms with E-state index in [0.29, 0.717) is -0.565 Å². The molecular formula is C6H11I3. The summed E-state index contributed by atoms with van der Waals surface area (Å²) in [6, 6.07) is 0. The Hall–Kier alpha value is 2.19. The molecule has 0 amide bonds. The molecule has 0 aromatic carbocycles. The summed E-state index contributed by atoms with van der Waals surface area (Å²) in [5, 5.41) is 0. The minimum Gasteiger partial charge on any atom is -0.0654 e. The maximum Gasteiger partial charge on any atom is 0.124 e. The van der Waals surface area contributed by atoms with Crippen molar-refractivity contribution in [3.8, 4) is 0 Å². The Morgan fingerprint density at radius 2 is 1.67 bits per heavy atom. The van der Waals surface area contributed by atoms with Gasteiger partial charge in [0.1, 0.15) is -0.565 Å². The number of rotatable bonds is 4. The Labute approximate surface area is 98.3 Å². The normalized spacial score (nSPS) is 12.0. The second kappa shape index (κ2) is 5.79. The predicted octanol–water partition coefficient (Wildman–Crippen LogP) is 4.53. The lowest BCUT2D eigenvalue weighted by Gasteiger charge is -2.10. The van der Waals surface area contributed by atoms with Crippen LogP contribution >= 0.6 is 67.8 Å². The van der Waals surface area contributed by atoms with Gasteiger partial charge in [-0.3, -0.25) is 0 Å². The average molecular weight is 464 g/mol. The molecule has 3 heteroatoms. The highest BCUT2D eigenvalue weighted by Gasteiger charge is 2.15. The van der Waals surface area contributed by atoms with Crippen LogP contribution in [0.2, 0.25) is 0 Å². The molecule has 0 aromatic heterocycles. The Morgan fingerprint density at radius 3 is 2.00 bits per heavy atom. The van der Waals surface area contributed by atoms with E-state index >= 15 is 0 Å². The van der Waals surface area contributed by atoms with Crippen molar-refractivity contribution in [2.75, 3.05) is 0 Å². The van der Waals surface area contributed by atoms with E-state index in [2.05, 4.69) is 74.7 Å². The zero-order valence-electron chi connectivity index (χ0n) is 5.46. The maximum atomic E-state index is 2.49. The van der Waals surface area contributed by atoms with E-state index in [9.17, 15) is 0 Å².